The zero-order valence-corrected chi connectivity index (χ0v) is 19.3. The van der Waals surface area contributed by atoms with Crippen molar-refractivity contribution in [3.05, 3.63) is 64.4 Å². The third-order valence-corrected chi connectivity index (χ3v) is 5.93. The van der Waals surface area contributed by atoms with E-state index in [4.69, 9.17) is 0 Å². The predicted octanol–water partition coefficient (Wildman–Crippen LogP) is 2.92. The maximum absolute atomic E-state index is 13.3. The molecule has 10 heteroatoms. The van der Waals surface area contributed by atoms with Crippen LogP contribution in [0.2, 0.25) is 0 Å². The van der Waals surface area contributed by atoms with Gasteiger partial charge in [0, 0.05) is 6.04 Å². The summed E-state index contributed by atoms with van der Waals surface area (Å²) >= 11 is 1.14. The van der Waals surface area contributed by atoms with Crippen molar-refractivity contribution >= 4 is 40.4 Å². The quantitative estimate of drug-likeness (QED) is 0.425. The van der Waals surface area contributed by atoms with Gasteiger partial charge in [-0.25, -0.2) is 9.36 Å². The van der Waals surface area contributed by atoms with Crippen molar-refractivity contribution in [3.63, 3.8) is 0 Å². The maximum Gasteiger partial charge on any atom is 0.321 e. The molecule has 4 aromatic rings. The van der Waals surface area contributed by atoms with E-state index in [0.717, 1.165) is 23.7 Å². The standard InChI is InChI=1S/C23H24N6O3S/c1-4-15-9-11-16(12-10-15)28-20(31)17-7-5-6-8-18(17)29-22(28)26-27-23(29)33-13-19(30)25-21(32)24-14(2)3/h5-12,14H,4,13H2,1-3H3,(H2,24,25,30,32). The lowest BCUT2D eigenvalue weighted by Crippen LogP contribution is -2.43. The van der Waals surface area contributed by atoms with Crippen LogP contribution in [0.1, 0.15) is 26.3 Å². The Hall–Kier alpha value is -3.66. The normalized spacial score (nSPS) is 11.3. The molecule has 0 atom stereocenters. The fraction of sp³-hybridized carbons (Fsp3) is 0.261. The van der Waals surface area contributed by atoms with Crippen LogP contribution in [0.3, 0.4) is 0 Å². The summed E-state index contributed by atoms with van der Waals surface area (Å²) in [5.41, 5.74) is 2.28. The first kappa shape index (κ1) is 22.5. The van der Waals surface area contributed by atoms with E-state index in [-0.39, 0.29) is 17.4 Å². The number of carbonyl (C=O) groups excluding carboxylic acids is 2. The van der Waals surface area contributed by atoms with Gasteiger partial charge in [-0.05, 0) is 50.1 Å². The number of amides is 3. The lowest BCUT2D eigenvalue weighted by Gasteiger charge is -2.12. The van der Waals surface area contributed by atoms with Gasteiger partial charge >= 0.3 is 6.03 Å². The van der Waals surface area contributed by atoms with Gasteiger partial charge in [0.2, 0.25) is 11.7 Å². The predicted molar refractivity (Wildman–Crippen MR) is 128 cm³/mol. The average molecular weight is 465 g/mol. The van der Waals surface area contributed by atoms with Crippen LogP contribution in [0.4, 0.5) is 4.79 Å². The minimum Gasteiger partial charge on any atom is -0.336 e. The Balaban J connectivity index is 1.74. The molecule has 0 saturated heterocycles. The molecule has 0 unspecified atom stereocenters. The van der Waals surface area contributed by atoms with Crippen molar-refractivity contribution in [3.8, 4) is 5.69 Å². The summed E-state index contributed by atoms with van der Waals surface area (Å²) in [6.45, 7) is 5.68. The van der Waals surface area contributed by atoms with E-state index in [2.05, 4.69) is 27.8 Å². The third kappa shape index (κ3) is 4.61. The van der Waals surface area contributed by atoms with Crippen LogP contribution < -0.4 is 16.2 Å². The Morgan fingerprint density at radius 3 is 2.48 bits per heavy atom. The molecule has 0 aliphatic carbocycles. The van der Waals surface area contributed by atoms with Crippen molar-refractivity contribution in [2.75, 3.05) is 5.75 Å². The van der Waals surface area contributed by atoms with Gasteiger partial charge in [-0.3, -0.25) is 19.3 Å². The molecule has 0 bridgehead atoms. The summed E-state index contributed by atoms with van der Waals surface area (Å²) in [5, 5.41) is 14.4. The Labute approximate surface area is 194 Å². The highest BCUT2D eigenvalue weighted by Crippen LogP contribution is 2.23. The summed E-state index contributed by atoms with van der Waals surface area (Å²) in [6.07, 6.45) is 0.894. The Kier molecular flexibility index (Phi) is 6.45. The maximum atomic E-state index is 13.3. The third-order valence-electron chi connectivity index (χ3n) is 5.00. The van der Waals surface area contributed by atoms with Crippen LogP contribution in [0.5, 0.6) is 0 Å². The zero-order chi connectivity index (χ0) is 23.5. The number of imide groups is 1. The highest BCUT2D eigenvalue weighted by molar-refractivity contribution is 7.99. The first-order valence-electron chi connectivity index (χ1n) is 10.6. The minimum absolute atomic E-state index is 0.0367. The number of nitrogens with zero attached hydrogens (tertiary/aromatic N) is 4. The number of urea groups is 1. The highest BCUT2D eigenvalue weighted by Gasteiger charge is 2.19. The Morgan fingerprint density at radius 2 is 1.79 bits per heavy atom. The van der Waals surface area contributed by atoms with Gasteiger partial charge in [-0.1, -0.05) is 43.0 Å². The summed E-state index contributed by atoms with van der Waals surface area (Å²) in [6, 6.07) is 14.3. The second kappa shape index (κ2) is 9.45. The average Bonchev–Trinajstić information content (AvgIpc) is 3.21. The zero-order valence-electron chi connectivity index (χ0n) is 18.5. The first-order valence-corrected chi connectivity index (χ1v) is 11.6. The topological polar surface area (TPSA) is 110 Å². The Bertz CT molecular complexity index is 1390. The number of carbonyl (C=O) groups is 2. The smallest absolute Gasteiger partial charge is 0.321 e. The minimum atomic E-state index is -0.545. The molecule has 3 amide bonds. The monoisotopic (exact) mass is 464 g/mol. The second-order valence-electron chi connectivity index (χ2n) is 7.76. The van der Waals surface area contributed by atoms with E-state index in [1.807, 2.05) is 50.2 Å². The number of aryl methyl sites for hydroxylation is 1. The molecule has 0 aliphatic heterocycles. The number of para-hydroxylation sites is 1. The van der Waals surface area contributed by atoms with Crippen molar-refractivity contribution in [2.24, 2.45) is 0 Å². The number of hydrogen-bond acceptors (Lipinski definition) is 6. The second-order valence-corrected chi connectivity index (χ2v) is 8.70. The summed E-state index contributed by atoms with van der Waals surface area (Å²) < 4.78 is 3.28. The van der Waals surface area contributed by atoms with Gasteiger partial charge in [0.1, 0.15) is 0 Å². The van der Waals surface area contributed by atoms with Gasteiger partial charge in [0.25, 0.3) is 5.56 Å². The molecule has 0 spiro atoms. The number of thioether (sulfide) groups is 1. The number of benzene rings is 2. The molecular formula is C23H24N6O3S. The molecule has 2 aromatic carbocycles. The molecule has 170 valence electrons. The van der Waals surface area contributed by atoms with Crippen LogP contribution in [0.25, 0.3) is 22.4 Å². The van der Waals surface area contributed by atoms with Crippen molar-refractivity contribution in [2.45, 2.75) is 38.4 Å². The van der Waals surface area contributed by atoms with E-state index in [0.29, 0.717) is 27.5 Å². The van der Waals surface area contributed by atoms with E-state index >= 15 is 0 Å². The fourth-order valence-electron chi connectivity index (χ4n) is 3.48. The molecule has 0 aliphatic rings. The van der Waals surface area contributed by atoms with E-state index in [9.17, 15) is 14.4 Å². The van der Waals surface area contributed by atoms with Gasteiger partial charge < -0.3 is 5.32 Å². The first-order chi connectivity index (χ1) is 15.9. The molecule has 0 fully saturated rings. The van der Waals surface area contributed by atoms with Gasteiger partial charge in [0.15, 0.2) is 5.16 Å². The van der Waals surface area contributed by atoms with Crippen molar-refractivity contribution < 1.29 is 9.59 Å². The molecule has 0 radical (unpaired) electrons. The SMILES string of the molecule is CCc1ccc(-n2c(=O)c3ccccc3n3c(SCC(=O)NC(=O)NC(C)C)nnc23)cc1. The van der Waals surface area contributed by atoms with Crippen molar-refractivity contribution in [1.82, 2.24) is 29.8 Å². The summed E-state index contributed by atoms with van der Waals surface area (Å²) in [7, 11) is 0. The molecule has 0 saturated carbocycles. The number of fused-ring (bicyclic) bond motifs is 3. The molecule has 2 heterocycles. The lowest BCUT2D eigenvalue weighted by molar-refractivity contribution is -0.117. The van der Waals surface area contributed by atoms with Crippen LogP contribution in [-0.4, -0.2) is 42.9 Å². The molecule has 4 rings (SSSR count). The fourth-order valence-corrected chi connectivity index (χ4v) is 4.22. The van der Waals surface area contributed by atoms with Gasteiger partial charge in [-0.2, -0.15) is 0 Å². The van der Waals surface area contributed by atoms with Crippen LogP contribution >= 0.6 is 11.8 Å². The number of rotatable bonds is 6. The Morgan fingerprint density at radius 1 is 1.06 bits per heavy atom. The number of hydrogen-bond donors (Lipinski definition) is 2. The van der Waals surface area contributed by atoms with E-state index in [1.165, 1.54) is 4.57 Å². The summed E-state index contributed by atoms with van der Waals surface area (Å²) in [5.74, 6) is -0.142. The lowest BCUT2D eigenvalue weighted by atomic mass is 10.1. The van der Waals surface area contributed by atoms with E-state index < -0.39 is 11.9 Å². The van der Waals surface area contributed by atoms with Gasteiger partial charge in [-0.15, -0.1) is 10.2 Å². The molecule has 2 aromatic heterocycles. The summed E-state index contributed by atoms with van der Waals surface area (Å²) in [4.78, 5) is 37.3. The highest BCUT2D eigenvalue weighted by atomic mass is 32.2. The number of nitrogens with one attached hydrogen (secondary N) is 2. The molecular weight excluding hydrogens is 440 g/mol. The van der Waals surface area contributed by atoms with Gasteiger partial charge in [0.05, 0.1) is 22.3 Å². The van der Waals surface area contributed by atoms with Crippen LogP contribution in [-0.2, 0) is 11.2 Å². The van der Waals surface area contributed by atoms with Crippen molar-refractivity contribution in [1.29, 1.82) is 0 Å². The number of aromatic nitrogens is 4. The molecule has 2 N–H and O–H groups in total. The van der Waals surface area contributed by atoms with Crippen LogP contribution in [0, 0.1) is 0 Å². The molecule has 33 heavy (non-hydrogen) atoms. The van der Waals surface area contributed by atoms with Crippen LogP contribution in [0.15, 0.2) is 58.5 Å². The molecule has 9 nitrogen and oxygen atoms in total. The van der Waals surface area contributed by atoms with E-state index in [1.54, 1.807) is 16.5 Å². The largest absolute Gasteiger partial charge is 0.336 e.